The van der Waals surface area contributed by atoms with Crippen molar-refractivity contribution in [2.45, 2.75) is 45.6 Å². The van der Waals surface area contributed by atoms with Gasteiger partial charge in [-0.3, -0.25) is 4.90 Å². The smallest absolute Gasteiger partial charge is 0.421 e. The summed E-state index contributed by atoms with van der Waals surface area (Å²) in [5.74, 6) is -2.16. The van der Waals surface area contributed by atoms with Gasteiger partial charge in [-0.15, -0.1) is 0 Å². The van der Waals surface area contributed by atoms with Gasteiger partial charge in [0.15, 0.2) is 0 Å². The van der Waals surface area contributed by atoms with Crippen molar-refractivity contribution < 1.29 is 39.7 Å². The van der Waals surface area contributed by atoms with Crippen molar-refractivity contribution in [2.24, 2.45) is 7.05 Å². The zero-order valence-electron chi connectivity index (χ0n) is 24.7. The molecular formula is C29H27ClF4N4O4. The van der Waals surface area contributed by atoms with Gasteiger partial charge < -0.3 is 19.1 Å². The van der Waals surface area contributed by atoms with Crippen LogP contribution in [-0.4, -0.2) is 43.6 Å². The largest absolute Gasteiger partial charge is 0.492 e. The van der Waals surface area contributed by atoms with Crippen LogP contribution in [0.3, 0.4) is 0 Å². The number of fused-ring (bicyclic) bond motifs is 2. The molecule has 13 heteroatoms. The predicted octanol–water partition coefficient (Wildman–Crippen LogP) is 6.57. The second-order valence-electron chi connectivity index (χ2n) is 9.84. The van der Waals surface area contributed by atoms with Crippen molar-refractivity contribution in [1.82, 2.24) is 19.4 Å². The zero-order valence-corrected chi connectivity index (χ0v) is 23.5. The average molecular weight is 609 g/mol. The number of hydrogen-bond donors (Lipinski definition) is 1. The van der Waals surface area contributed by atoms with Crippen LogP contribution in [0.25, 0.3) is 11.0 Å². The molecule has 42 heavy (non-hydrogen) atoms. The number of carboxylic acid groups (broad SMARTS) is 1. The van der Waals surface area contributed by atoms with E-state index in [4.69, 9.17) is 23.8 Å². The summed E-state index contributed by atoms with van der Waals surface area (Å²) in [4.78, 5) is 22.6. The fourth-order valence-electron chi connectivity index (χ4n) is 5.00. The molecule has 1 atom stereocenters. The van der Waals surface area contributed by atoms with Crippen LogP contribution in [-0.2, 0) is 32.8 Å². The van der Waals surface area contributed by atoms with Crippen LogP contribution in [0.2, 0.25) is 5.02 Å². The Morgan fingerprint density at radius 3 is 2.64 bits per heavy atom. The van der Waals surface area contributed by atoms with Crippen LogP contribution in [0.1, 0.15) is 61.2 Å². The zero-order chi connectivity index (χ0) is 32.1. The van der Waals surface area contributed by atoms with E-state index in [1.54, 1.807) is 18.5 Å². The number of aryl methyl sites for hydroxylation is 1. The van der Waals surface area contributed by atoms with E-state index in [1.807, 2.05) is 4.90 Å². The molecule has 0 fully saturated rings. The Bertz CT molecular complexity index is 1760. The number of carbonyl (C=O) groups is 1. The molecule has 8 nitrogen and oxygen atoms in total. The molecule has 0 radical (unpaired) electrons. The van der Waals surface area contributed by atoms with Crippen molar-refractivity contribution in [3.05, 3.63) is 81.0 Å². The monoisotopic (exact) mass is 608 g/mol. The highest BCUT2D eigenvalue weighted by Gasteiger charge is 2.38. The Morgan fingerprint density at radius 2 is 1.98 bits per heavy atom. The van der Waals surface area contributed by atoms with Gasteiger partial charge in [0.2, 0.25) is 5.88 Å². The lowest BCUT2D eigenvalue weighted by molar-refractivity contribution is -0.139. The third-order valence-corrected chi connectivity index (χ3v) is 7.48. The lowest BCUT2D eigenvalue weighted by Crippen LogP contribution is -2.35. The number of hydrogen-bond acceptors (Lipinski definition) is 6. The van der Waals surface area contributed by atoms with E-state index < -0.39 is 48.6 Å². The van der Waals surface area contributed by atoms with Gasteiger partial charge in [-0.25, -0.2) is 19.2 Å². The van der Waals surface area contributed by atoms with Crippen LogP contribution >= 0.6 is 11.6 Å². The van der Waals surface area contributed by atoms with E-state index in [9.17, 15) is 27.5 Å². The third-order valence-electron chi connectivity index (χ3n) is 7.24. The summed E-state index contributed by atoms with van der Waals surface area (Å²) in [6, 6.07) is 6.94. The van der Waals surface area contributed by atoms with Gasteiger partial charge in [0.25, 0.3) is 0 Å². The second kappa shape index (κ2) is 11.4. The third kappa shape index (κ3) is 5.73. The number of carboxylic acids is 1. The summed E-state index contributed by atoms with van der Waals surface area (Å²) in [5.41, 5.74) is 0.295. The molecule has 0 aliphatic carbocycles. The summed E-state index contributed by atoms with van der Waals surface area (Å²) in [5, 5.41) is 9.71. The van der Waals surface area contributed by atoms with Gasteiger partial charge in [-0.1, -0.05) is 17.7 Å². The van der Waals surface area contributed by atoms with Crippen LogP contribution in [0.15, 0.2) is 36.4 Å². The van der Waals surface area contributed by atoms with E-state index in [1.165, 1.54) is 31.2 Å². The highest BCUT2D eigenvalue weighted by molar-refractivity contribution is 6.30. The summed E-state index contributed by atoms with van der Waals surface area (Å²) >= 11 is 5.77. The second-order valence-corrected chi connectivity index (χ2v) is 10.3. The number of halogens is 5. The van der Waals surface area contributed by atoms with Crippen molar-refractivity contribution in [1.29, 1.82) is 0 Å². The Kier molecular flexibility index (Phi) is 7.32. The predicted molar refractivity (Wildman–Crippen MR) is 146 cm³/mol. The maximum Gasteiger partial charge on any atom is 0.421 e. The van der Waals surface area contributed by atoms with Gasteiger partial charge in [0, 0.05) is 24.2 Å². The molecule has 2 aromatic carbocycles. The van der Waals surface area contributed by atoms with Gasteiger partial charge >= 0.3 is 12.1 Å². The number of nitrogens with zero attached hydrogens (tertiary/aromatic N) is 4. The van der Waals surface area contributed by atoms with Crippen LogP contribution in [0.4, 0.5) is 17.6 Å². The number of pyridine rings is 1. The van der Waals surface area contributed by atoms with Crippen molar-refractivity contribution in [2.75, 3.05) is 13.1 Å². The Morgan fingerprint density at radius 1 is 1.21 bits per heavy atom. The molecule has 1 aliphatic heterocycles. The minimum atomic E-state index is -4.76. The number of aromatic nitrogens is 3. The molecule has 3 heterocycles. The molecule has 0 bridgehead atoms. The van der Waals surface area contributed by atoms with Crippen LogP contribution < -0.4 is 9.47 Å². The molecule has 0 amide bonds. The highest BCUT2D eigenvalue weighted by Crippen LogP contribution is 2.40. The molecule has 0 unspecified atom stereocenters. The SMILES string of the molecule is [2H]C([2H])(C)Oc1cc(C(=O)O)cc2c1nc(CN1CCc3cc(C(F)(F)F)c(OCc4ccc(Cl)cc4F)nc3[C@@H]1C)n2C. The fraction of sp³-hybridized carbons (Fsp3) is 0.345. The first-order chi connectivity index (χ1) is 20.5. The first-order valence-electron chi connectivity index (χ1n) is 13.8. The number of imidazole rings is 1. The first kappa shape index (κ1) is 27.0. The average Bonchev–Trinajstić information content (AvgIpc) is 3.23. The topological polar surface area (TPSA) is 89.7 Å². The number of aromatic carboxylic acids is 1. The normalized spacial score (nSPS) is 16.6. The fourth-order valence-corrected chi connectivity index (χ4v) is 5.16. The summed E-state index contributed by atoms with van der Waals surface area (Å²) in [6.45, 7) is 0.951. The number of ether oxygens (including phenoxy) is 2. The Labute approximate surface area is 246 Å². The molecule has 1 N–H and O–H groups in total. The molecular weight excluding hydrogens is 580 g/mol. The Balaban J connectivity index is 1.47. The lowest BCUT2D eigenvalue weighted by atomic mass is 9.97. The van der Waals surface area contributed by atoms with Crippen LogP contribution in [0.5, 0.6) is 11.6 Å². The minimum Gasteiger partial charge on any atom is -0.492 e. The molecule has 2 aromatic heterocycles. The Hall–Kier alpha value is -3.90. The van der Waals surface area contributed by atoms with Crippen molar-refractivity contribution >= 4 is 28.6 Å². The highest BCUT2D eigenvalue weighted by atomic mass is 35.5. The lowest BCUT2D eigenvalue weighted by Gasteiger charge is -2.34. The molecule has 0 spiro atoms. The van der Waals surface area contributed by atoms with E-state index in [0.29, 0.717) is 29.1 Å². The number of rotatable bonds is 8. The van der Waals surface area contributed by atoms with Gasteiger partial charge in [0.1, 0.15) is 35.1 Å². The molecule has 222 valence electrons. The van der Waals surface area contributed by atoms with Gasteiger partial charge in [0.05, 0.1) is 38.7 Å². The molecule has 5 rings (SSSR count). The summed E-state index contributed by atoms with van der Waals surface area (Å²) < 4.78 is 84.3. The standard InChI is InChI=1S/C29H27ClF4N4O4/c1-4-41-23-11-18(28(39)40)10-22-26(23)35-24(37(22)3)13-38-8-7-16-9-20(29(32,33)34)27(36-25(16)15(38)2)42-14-17-5-6-19(30)12-21(17)31/h5-6,9-12,15H,4,7-8,13-14H2,1-3H3,(H,39,40)/t15-/m0/s1/i4D2. The maximum absolute atomic E-state index is 14.3. The number of alkyl halides is 3. The summed E-state index contributed by atoms with van der Waals surface area (Å²) in [7, 11) is 1.68. The van der Waals surface area contributed by atoms with Crippen molar-refractivity contribution in [3.8, 4) is 11.6 Å². The van der Waals surface area contributed by atoms with E-state index >= 15 is 0 Å². The molecule has 1 aliphatic rings. The van der Waals surface area contributed by atoms with Crippen LogP contribution in [0, 0.1) is 5.82 Å². The van der Waals surface area contributed by atoms with E-state index in [2.05, 4.69) is 9.97 Å². The quantitative estimate of drug-likeness (QED) is 0.226. The number of benzene rings is 2. The molecule has 4 aromatic rings. The van der Waals surface area contributed by atoms with Gasteiger partial charge in [-0.2, -0.15) is 13.2 Å². The minimum absolute atomic E-state index is 0.0177. The van der Waals surface area contributed by atoms with Crippen molar-refractivity contribution in [3.63, 3.8) is 0 Å². The summed E-state index contributed by atoms with van der Waals surface area (Å²) in [6.07, 6.45) is -4.51. The first-order valence-corrected chi connectivity index (χ1v) is 13.2. The molecule has 0 saturated heterocycles. The van der Waals surface area contributed by atoms with E-state index in [0.717, 1.165) is 12.1 Å². The maximum atomic E-state index is 14.3. The van der Waals surface area contributed by atoms with E-state index in [-0.39, 0.29) is 40.4 Å². The van der Waals surface area contributed by atoms with Gasteiger partial charge in [-0.05, 0) is 56.2 Å². The molecule has 0 saturated carbocycles.